The normalized spacial score (nSPS) is 10.1. The van der Waals surface area contributed by atoms with Crippen LogP contribution < -0.4 is 0 Å². The fraction of sp³-hybridized carbons (Fsp3) is 0.455. The summed E-state index contributed by atoms with van der Waals surface area (Å²) in [6.45, 7) is 8.26. The van der Waals surface area contributed by atoms with Gasteiger partial charge in [-0.15, -0.1) is 0 Å². The van der Waals surface area contributed by atoms with E-state index in [2.05, 4.69) is 29.0 Å². The minimum Gasteiger partial charge on any atom is -0.278 e. The lowest BCUT2D eigenvalue weighted by Gasteiger charge is -2.02. The standard InChI is InChI=1S/C9H11N3.C2H6/c1-6(2)8-3-9-7(4-10-8)5-11-12-9;1-2/h3-6H,1-2H3,(H,11,12);1-2H3. The molecule has 3 heteroatoms. The zero-order valence-corrected chi connectivity index (χ0v) is 9.20. The molecule has 2 heterocycles. The maximum Gasteiger partial charge on any atom is 0.0684 e. The fourth-order valence-corrected chi connectivity index (χ4v) is 1.17. The molecule has 0 unspecified atom stereocenters. The third-order valence-electron chi connectivity index (χ3n) is 1.94. The summed E-state index contributed by atoms with van der Waals surface area (Å²) >= 11 is 0. The van der Waals surface area contributed by atoms with Crippen molar-refractivity contribution in [2.45, 2.75) is 33.6 Å². The number of nitrogens with zero attached hydrogens (tertiary/aromatic N) is 2. The molecule has 14 heavy (non-hydrogen) atoms. The summed E-state index contributed by atoms with van der Waals surface area (Å²) in [5.41, 5.74) is 2.17. The van der Waals surface area contributed by atoms with Crippen molar-refractivity contribution in [3.63, 3.8) is 0 Å². The van der Waals surface area contributed by atoms with Crippen molar-refractivity contribution in [2.75, 3.05) is 0 Å². The molecular formula is C11H17N3. The number of aromatic nitrogens is 3. The molecule has 0 bridgehead atoms. The summed E-state index contributed by atoms with van der Waals surface area (Å²) in [6.07, 6.45) is 3.64. The Morgan fingerprint density at radius 3 is 2.57 bits per heavy atom. The SMILES string of the molecule is CC.CC(C)c1cc2[nH]ncc2cn1. The summed E-state index contributed by atoms with van der Waals surface area (Å²) in [7, 11) is 0. The van der Waals surface area contributed by atoms with Crippen LogP contribution in [0.2, 0.25) is 0 Å². The quantitative estimate of drug-likeness (QED) is 0.752. The Bertz CT molecular complexity index is 390. The van der Waals surface area contributed by atoms with Gasteiger partial charge in [-0.3, -0.25) is 10.1 Å². The van der Waals surface area contributed by atoms with Crippen molar-refractivity contribution in [1.82, 2.24) is 15.2 Å². The second-order valence-electron chi connectivity index (χ2n) is 3.22. The summed E-state index contributed by atoms with van der Waals surface area (Å²) in [6, 6.07) is 2.05. The van der Waals surface area contributed by atoms with Gasteiger partial charge in [-0.25, -0.2) is 0 Å². The van der Waals surface area contributed by atoms with Gasteiger partial charge in [0.25, 0.3) is 0 Å². The van der Waals surface area contributed by atoms with Gasteiger partial charge in [0.15, 0.2) is 0 Å². The van der Waals surface area contributed by atoms with E-state index in [1.165, 1.54) is 0 Å². The number of fused-ring (bicyclic) bond motifs is 1. The van der Waals surface area contributed by atoms with Crippen molar-refractivity contribution in [3.05, 3.63) is 24.2 Å². The highest BCUT2D eigenvalue weighted by Gasteiger charge is 2.02. The molecule has 0 radical (unpaired) electrons. The van der Waals surface area contributed by atoms with E-state index in [4.69, 9.17) is 0 Å². The van der Waals surface area contributed by atoms with E-state index in [9.17, 15) is 0 Å². The van der Waals surface area contributed by atoms with E-state index >= 15 is 0 Å². The molecule has 0 aliphatic heterocycles. The van der Waals surface area contributed by atoms with Crippen molar-refractivity contribution < 1.29 is 0 Å². The number of hydrogen-bond acceptors (Lipinski definition) is 2. The summed E-state index contributed by atoms with van der Waals surface area (Å²) in [5.74, 6) is 0.470. The van der Waals surface area contributed by atoms with E-state index < -0.39 is 0 Å². The molecule has 1 N–H and O–H groups in total. The molecule has 0 amide bonds. The van der Waals surface area contributed by atoms with Gasteiger partial charge >= 0.3 is 0 Å². The number of aromatic amines is 1. The van der Waals surface area contributed by atoms with Gasteiger partial charge in [0, 0.05) is 17.3 Å². The van der Waals surface area contributed by atoms with Crippen LogP contribution in [0.3, 0.4) is 0 Å². The van der Waals surface area contributed by atoms with E-state index in [0.29, 0.717) is 5.92 Å². The molecule has 0 spiro atoms. The van der Waals surface area contributed by atoms with E-state index in [-0.39, 0.29) is 0 Å². The van der Waals surface area contributed by atoms with Gasteiger partial charge in [0.05, 0.1) is 11.7 Å². The first-order chi connectivity index (χ1) is 6.77. The highest BCUT2D eigenvalue weighted by atomic mass is 15.1. The highest BCUT2D eigenvalue weighted by molar-refractivity contribution is 5.76. The van der Waals surface area contributed by atoms with Crippen LogP contribution in [-0.2, 0) is 0 Å². The lowest BCUT2D eigenvalue weighted by atomic mass is 10.1. The van der Waals surface area contributed by atoms with Gasteiger partial charge in [-0.1, -0.05) is 27.7 Å². The minimum absolute atomic E-state index is 0.470. The molecule has 0 atom stereocenters. The second-order valence-corrected chi connectivity index (χ2v) is 3.22. The molecule has 0 aromatic carbocycles. The average Bonchev–Trinajstić information content (AvgIpc) is 2.67. The van der Waals surface area contributed by atoms with Crippen LogP contribution in [0.4, 0.5) is 0 Å². The molecule has 0 aliphatic carbocycles. The van der Waals surface area contributed by atoms with Crippen LogP contribution in [0, 0.1) is 0 Å². The largest absolute Gasteiger partial charge is 0.278 e. The average molecular weight is 191 g/mol. The van der Waals surface area contributed by atoms with Crippen LogP contribution in [0.15, 0.2) is 18.5 Å². The second kappa shape index (κ2) is 4.74. The van der Waals surface area contributed by atoms with E-state index in [1.807, 2.05) is 26.1 Å². The van der Waals surface area contributed by atoms with Gasteiger partial charge in [-0.05, 0) is 12.0 Å². The van der Waals surface area contributed by atoms with Gasteiger partial charge in [0.1, 0.15) is 0 Å². The highest BCUT2D eigenvalue weighted by Crippen LogP contribution is 2.15. The van der Waals surface area contributed by atoms with Crippen LogP contribution in [-0.4, -0.2) is 15.2 Å². The van der Waals surface area contributed by atoms with Crippen molar-refractivity contribution >= 4 is 10.9 Å². The molecule has 76 valence electrons. The van der Waals surface area contributed by atoms with Crippen molar-refractivity contribution in [2.24, 2.45) is 0 Å². The fourth-order valence-electron chi connectivity index (χ4n) is 1.17. The molecule has 0 saturated heterocycles. The maximum absolute atomic E-state index is 4.32. The van der Waals surface area contributed by atoms with Crippen LogP contribution >= 0.6 is 0 Å². The molecule has 2 rings (SSSR count). The van der Waals surface area contributed by atoms with Crippen LogP contribution in [0.25, 0.3) is 10.9 Å². The monoisotopic (exact) mass is 191 g/mol. The summed E-state index contributed by atoms with van der Waals surface area (Å²) < 4.78 is 0. The number of H-pyrrole nitrogens is 1. The van der Waals surface area contributed by atoms with Crippen molar-refractivity contribution in [3.8, 4) is 0 Å². The molecular weight excluding hydrogens is 174 g/mol. The first-order valence-electron chi connectivity index (χ1n) is 5.06. The maximum atomic E-state index is 4.32. The minimum atomic E-state index is 0.470. The van der Waals surface area contributed by atoms with Crippen LogP contribution in [0.1, 0.15) is 39.3 Å². The Kier molecular flexibility index (Phi) is 3.63. The Balaban J connectivity index is 0.000000461. The van der Waals surface area contributed by atoms with E-state index in [1.54, 1.807) is 6.20 Å². The van der Waals surface area contributed by atoms with Gasteiger partial charge in [0.2, 0.25) is 0 Å². The number of pyridine rings is 1. The Morgan fingerprint density at radius 1 is 1.21 bits per heavy atom. The molecule has 3 nitrogen and oxygen atoms in total. The first kappa shape index (κ1) is 10.7. The molecule has 0 aliphatic rings. The predicted molar refractivity (Wildman–Crippen MR) is 59.3 cm³/mol. The lowest BCUT2D eigenvalue weighted by Crippen LogP contribution is -1.90. The first-order valence-corrected chi connectivity index (χ1v) is 5.06. The molecule has 2 aromatic rings. The third-order valence-corrected chi connectivity index (χ3v) is 1.94. The summed E-state index contributed by atoms with van der Waals surface area (Å²) in [5, 5.41) is 7.93. The number of rotatable bonds is 1. The van der Waals surface area contributed by atoms with Crippen LogP contribution in [0.5, 0.6) is 0 Å². The topological polar surface area (TPSA) is 41.6 Å². The molecule has 2 aromatic heterocycles. The number of hydrogen-bond donors (Lipinski definition) is 1. The molecule has 0 saturated carbocycles. The van der Waals surface area contributed by atoms with Gasteiger partial charge in [-0.2, -0.15) is 5.10 Å². The predicted octanol–water partition coefficient (Wildman–Crippen LogP) is 3.11. The zero-order chi connectivity index (χ0) is 10.6. The number of nitrogens with one attached hydrogen (secondary N) is 1. The summed E-state index contributed by atoms with van der Waals surface area (Å²) in [4.78, 5) is 4.32. The van der Waals surface area contributed by atoms with Gasteiger partial charge < -0.3 is 0 Å². The Hall–Kier alpha value is -1.38. The Morgan fingerprint density at radius 2 is 1.93 bits per heavy atom. The third kappa shape index (κ3) is 2.10. The van der Waals surface area contributed by atoms with Crippen molar-refractivity contribution in [1.29, 1.82) is 0 Å². The molecule has 0 fully saturated rings. The van der Waals surface area contributed by atoms with E-state index in [0.717, 1.165) is 16.6 Å². The Labute approximate surface area is 84.6 Å². The smallest absolute Gasteiger partial charge is 0.0684 e. The zero-order valence-electron chi connectivity index (χ0n) is 9.20. The lowest BCUT2D eigenvalue weighted by molar-refractivity contribution is 0.826.